The van der Waals surface area contributed by atoms with E-state index in [0.29, 0.717) is 11.4 Å². The van der Waals surface area contributed by atoms with Crippen molar-refractivity contribution >= 4 is 5.91 Å². The molecular weight excluding hydrogens is 330 g/mol. The number of aromatic amines is 1. The Morgan fingerprint density at radius 1 is 1.12 bits per heavy atom. The number of H-pyrrole nitrogens is 1. The van der Waals surface area contributed by atoms with Crippen LogP contribution in [-0.4, -0.2) is 30.3 Å². The Bertz CT molecular complexity index is 828. The smallest absolute Gasteiger partial charge is 0.272 e. The lowest BCUT2D eigenvalue weighted by Gasteiger charge is -2.16. The lowest BCUT2D eigenvalue weighted by molar-refractivity contribution is 0.0930. The molecule has 0 saturated carbocycles. The summed E-state index contributed by atoms with van der Waals surface area (Å²) in [6.45, 7) is 0. The fourth-order valence-electron chi connectivity index (χ4n) is 4.16. The molecule has 1 aromatic heterocycles. The van der Waals surface area contributed by atoms with Crippen LogP contribution in [0.1, 0.15) is 64.6 Å². The van der Waals surface area contributed by atoms with Crippen molar-refractivity contribution in [3.63, 3.8) is 0 Å². The van der Waals surface area contributed by atoms with Gasteiger partial charge in [0.25, 0.3) is 5.91 Å². The maximum atomic E-state index is 12.9. The summed E-state index contributed by atoms with van der Waals surface area (Å²) in [5, 5.41) is 10.6. The van der Waals surface area contributed by atoms with Crippen LogP contribution in [-0.2, 0) is 19.3 Å². The van der Waals surface area contributed by atoms with E-state index in [1.54, 1.807) is 14.2 Å². The van der Waals surface area contributed by atoms with Gasteiger partial charge in [0, 0.05) is 11.3 Å². The molecule has 6 nitrogen and oxygen atoms in total. The number of carbonyl (C=O) groups excluding carboxylic acids is 1. The second-order valence-corrected chi connectivity index (χ2v) is 7.06. The normalized spacial score (nSPS) is 18.6. The van der Waals surface area contributed by atoms with Crippen LogP contribution in [0.5, 0.6) is 11.5 Å². The molecule has 0 saturated heterocycles. The number of methoxy groups -OCH3 is 2. The first-order valence-electron chi connectivity index (χ1n) is 9.33. The van der Waals surface area contributed by atoms with E-state index in [9.17, 15) is 4.79 Å². The second kappa shape index (κ2) is 7.02. The summed E-state index contributed by atoms with van der Waals surface area (Å²) in [6, 6.07) is 3.98. The van der Waals surface area contributed by atoms with Crippen LogP contribution in [0.4, 0.5) is 0 Å². The molecular formula is C20H25N3O3. The molecule has 2 aliphatic rings. The van der Waals surface area contributed by atoms with Crippen molar-refractivity contribution in [2.24, 2.45) is 0 Å². The third-order valence-electron chi connectivity index (χ3n) is 5.55. The summed E-state index contributed by atoms with van der Waals surface area (Å²) in [4.78, 5) is 12.9. The van der Waals surface area contributed by atoms with Gasteiger partial charge in [-0.2, -0.15) is 5.10 Å². The minimum Gasteiger partial charge on any atom is -0.493 e. The SMILES string of the molecule is COc1cc2c(cc1OC)[C@H](NC(=O)c1n[nH]c3c1CCCCC3)CC2. The van der Waals surface area contributed by atoms with E-state index in [0.717, 1.165) is 61.1 Å². The van der Waals surface area contributed by atoms with Gasteiger partial charge in [0.2, 0.25) is 0 Å². The van der Waals surface area contributed by atoms with E-state index in [2.05, 4.69) is 15.5 Å². The summed E-state index contributed by atoms with van der Waals surface area (Å²) in [7, 11) is 3.27. The monoisotopic (exact) mass is 355 g/mol. The Balaban J connectivity index is 1.57. The molecule has 1 atom stereocenters. The van der Waals surface area contributed by atoms with Gasteiger partial charge < -0.3 is 14.8 Å². The zero-order valence-corrected chi connectivity index (χ0v) is 15.4. The van der Waals surface area contributed by atoms with Crippen LogP contribution >= 0.6 is 0 Å². The molecule has 2 aromatic rings. The van der Waals surface area contributed by atoms with Crippen LogP contribution in [0.15, 0.2) is 12.1 Å². The summed E-state index contributed by atoms with van der Waals surface area (Å²) in [6.07, 6.45) is 7.20. The first-order chi connectivity index (χ1) is 12.7. The third-order valence-corrected chi connectivity index (χ3v) is 5.55. The van der Waals surface area contributed by atoms with Crippen LogP contribution in [0.25, 0.3) is 0 Å². The van der Waals surface area contributed by atoms with E-state index in [4.69, 9.17) is 9.47 Å². The Morgan fingerprint density at radius 3 is 2.69 bits per heavy atom. The number of fused-ring (bicyclic) bond motifs is 2. The molecule has 1 aromatic carbocycles. The first-order valence-corrected chi connectivity index (χ1v) is 9.33. The number of nitrogens with one attached hydrogen (secondary N) is 2. The van der Waals surface area contributed by atoms with E-state index < -0.39 is 0 Å². The van der Waals surface area contributed by atoms with Gasteiger partial charge >= 0.3 is 0 Å². The van der Waals surface area contributed by atoms with E-state index in [1.807, 2.05) is 12.1 Å². The van der Waals surface area contributed by atoms with Gasteiger partial charge in [-0.1, -0.05) is 6.42 Å². The Labute approximate surface area is 153 Å². The molecule has 0 fully saturated rings. The first kappa shape index (κ1) is 16.9. The molecule has 0 unspecified atom stereocenters. The summed E-state index contributed by atoms with van der Waals surface area (Å²) in [5.74, 6) is 1.34. The predicted octanol–water partition coefficient (Wildman–Crippen LogP) is 3.11. The molecule has 2 aliphatic carbocycles. The lowest BCUT2D eigenvalue weighted by Crippen LogP contribution is -2.28. The quantitative estimate of drug-likeness (QED) is 0.826. The molecule has 0 bridgehead atoms. The number of rotatable bonds is 4. The highest BCUT2D eigenvalue weighted by Gasteiger charge is 2.29. The average Bonchev–Trinajstić information content (AvgIpc) is 3.16. The minimum absolute atomic E-state index is 0.0181. The molecule has 26 heavy (non-hydrogen) atoms. The fourth-order valence-corrected chi connectivity index (χ4v) is 4.16. The number of benzene rings is 1. The highest BCUT2D eigenvalue weighted by molar-refractivity contribution is 5.94. The largest absolute Gasteiger partial charge is 0.493 e. The highest BCUT2D eigenvalue weighted by Crippen LogP contribution is 2.39. The Hall–Kier alpha value is -2.50. The van der Waals surface area contributed by atoms with Crippen molar-refractivity contribution in [3.8, 4) is 11.5 Å². The Kier molecular flexibility index (Phi) is 4.57. The molecule has 0 radical (unpaired) electrons. The predicted molar refractivity (Wildman–Crippen MR) is 97.9 cm³/mol. The molecule has 4 rings (SSSR count). The summed E-state index contributed by atoms with van der Waals surface area (Å²) in [5.41, 5.74) is 5.11. The number of ether oxygens (including phenoxy) is 2. The highest BCUT2D eigenvalue weighted by atomic mass is 16.5. The number of hydrogen-bond donors (Lipinski definition) is 2. The van der Waals surface area contributed by atoms with Crippen molar-refractivity contribution < 1.29 is 14.3 Å². The number of hydrogen-bond acceptors (Lipinski definition) is 4. The van der Waals surface area contributed by atoms with Crippen LogP contribution in [0.2, 0.25) is 0 Å². The van der Waals surface area contributed by atoms with Gasteiger partial charge in [0.05, 0.1) is 20.3 Å². The van der Waals surface area contributed by atoms with Gasteiger partial charge in [-0.15, -0.1) is 0 Å². The van der Waals surface area contributed by atoms with Gasteiger partial charge in [-0.05, 0) is 61.8 Å². The molecule has 0 aliphatic heterocycles. The van der Waals surface area contributed by atoms with Crippen molar-refractivity contribution in [2.75, 3.05) is 14.2 Å². The number of aryl methyl sites for hydroxylation is 2. The van der Waals surface area contributed by atoms with Crippen LogP contribution in [0, 0.1) is 0 Å². The van der Waals surface area contributed by atoms with Crippen molar-refractivity contribution in [2.45, 2.75) is 51.0 Å². The molecule has 0 spiro atoms. The van der Waals surface area contributed by atoms with Gasteiger partial charge in [-0.3, -0.25) is 9.89 Å². The molecule has 1 amide bonds. The molecule has 6 heteroatoms. The minimum atomic E-state index is -0.0861. The number of amides is 1. The zero-order valence-electron chi connectivity index (χ0n) is 15.4. The van der Waals surface area contributed by atoms with Crippen molar-refractivity contribution in [1.82, 2.24) is 15.5 Å². The number of nitrogens with zero attached hydrogens (tertiary/aromatic N) is 1. The topological polar surface area (TPSA) is 76.2 Å². The van der Waals surface area contributed by atoms with E-state index >= 15 is 0 Å². The zero-order chi connectivity index (χ0) is 18.1. The summed E-state index contributed by atoms with van der Waals surface area (Å²) < 4.78 is 10.8. The molecule has 138 valence electrons. The standard InChI is InChI=1S/C20H25N3O3/c1-25-17-10-12-8-9-15(14(12)11-18(17)26-2)21-20(24)19-13-6-4-3-5-7-16(13)22-23-19/h10-11,15H,3-9H2,1-2H3,(H,21,24)(H,22,23)/t15-/m1/s1. The van der Waals surface area contributed by atoms with Gasteiger partial charge in [0.15, 0.2) is 17.2 Å². The average molecular weight is 355 g/mol. The van der Waals surface area contributed by atoms with Gasteiger partial charge in [0.1, 0.15) is 0 Å². The lowest BCUT2D eigenvalue weighted by atomic mass is 10.1. The maximum Gasteiger partial charge on any atom is 0.272 e. The summed E-state index contributed by atoms with van der Waals surface area (Å²) >= 11 is 0. The Morgan fingerprint density at radius 2 is 1.88 bits per heavy atom. The third kappa shape index (κ3) is 2.93. The second-order valence-electron chi connectivity index (χ2n) is 7.06. The van der Waals surface area contributed by atoms with Crippen molar-refractivity contribution in [3.05, 3.63) is 40.2 Å². The van der Waals surface area contributed by atoms with Crippen molar-refractivity contribution in [1.29, 1.82) is 0 Å². The van der Waals surface area contributed by atoms with E-state index in [1.165, 1.54) is 12.0 Å². The molecule has 1 heterocycles. The fraction of sp³-hybridized carbons (Fsp3) is 0.500. The number of carbonyl (C=O) groups is 1. The van der Waals surface area contributed by atoms with E-state index in [-0.39, 0.29) is 11.9 Å². The van der Waals surface area contributed by atoms with Crippen LogP contribution < -0.4 is 14.8 Å². The maximum absolute atomic E-state index is 12.9. The molecule has 2 N–H and O–H groups in total. The number of aromatic nitrogens is 2. The van der Waals surface area contributed by atoms with Crippen LogP contribution in [0.3, 0.4) is 0 Å². The van der Waals surface area contributed by atoms with Gasteiger partial charge in [-0.25, -0.2) is 0 Å².